The van der Waals surface area contributed by atoms with Crippen LogP contribution in [0.5, 0.6) is 0 Å². The number of nitrogens with one attached hydrogen (secondary N) is 1. The summed E-state index contributed by atoms with van der Waals surface area (Å²) in [5.74, 6) is 0.927. The summed E-state index contributed by atoms with van der Waals surface area (Å²) in [6, 6.07) is 12.3. The molecule has 0 amide bonds. The predicted octanol–water partition coefficient (Wildman–Crippen LogP) is 3.11. The number of benzene rings is 1. The van der Waals surface area contributed by atoms with Crippen LogP contribution in [0.1, 0.15) is 17.5 Å². The van der Waals surface area contributed by atoms with Crippen LogP contribution in [-0.4, -0.2) is 39.7 Å². The molecule has 0 bridgehead atoms. The Balaban J connectivity index is 1.57. The number of para-hydroxylation sites is 1. The monoisotopic (exact) mass is 334 g/mol. The van der Waals surface area contributed by atoms with Crippen molar-refractivity contribution in [3.63, 3.8) is 0 Å². The average molecular weight is 334 g/mol. The summed E-state index contributed by atoms with van der Waals surface area (Å²) in [7, 11) is 0. The normalized spacial score (nSPS) is 14.4. The number of nitrogens with zero attached hydrogens (tertiary/aromatic N) is 3. The molecule has 3 heterocycles. The fourth-order valence-electron chi connectivity index (χ4n) is 3.42. The van der Waals surface area contributed by atoms with E-state index in [0.29, 0.717) is 0 Å². The Morgan fingerprint density at radius 2 is 2.08 bits per heavy atom. The Kier molecular flexibility index (Phi) is 4.59. The first-order valence-electron chi connectivity index (χ1n) is 8.75. The van der Waals surface area contributed by atoms with E-state index in [4.69, 9.17) is 5.11 Å². The van der Waals surface area contributed by atoms with Gasteiger partial charge in [0.15, 0.2) is 0 Å². The topological polar surface area (TPSA) is 61.3 Å². The zero-order valence-electron chi connectivity index (χ0n) is 14.2. The molecule has 1 aromatic carbocycles. The van der Waals surface area contributed by atoms with E-state index in [1.54, 1.807) is 0 Å². The molecule has 2 aromatic heterocycles. The summed E-state index contributed by atoms with van der Waals surface area (Å²) in [4.78, 5) is 11.5. The lowest BCUT2D eigenvalue weighted by Gasteiger charge is -2.29. The summed E-state index contributed by atoms with van der Waals surface area (Å²) >= 11 is 0. The van der Waals surface area contributed by atoms with Gasteiger partial charge in [-0.25, -0.2) is 4.98 Å². The smallest absolute Gasteiger partial charge is 0.133 e. The van der Waals surface area contributed by atoms with E-state index in [1.807, 2.05) is 30.6 Å². The minimum absolute atomic E-state index is 0.251. The van der Waals surface area contributed by atoms with Gasteiger partial charge in [0.2, 0.25) is 0 Å². The van der Waals surface area contributed by atoms with E-state index in [0.717, 1.165) is 54.9 Å². The lowest BCUT2D eigenvalue weighted by Crippen LogP contribution is -2.32. The van der Waals surface area contributed by atoms with Crippen LogP contribution >= 0.6 is 0 Å². The van der Waals surface area contributed by atoms with Crippen LogP contribution in [0, 0.1) is 0 Å². The molecule has 3 aromatic rings. The standard InChI is InChI=1S/C20H22N4O/c25-11-3-9-24-10-7-18-16(14-24)6-8-21-20(18)23-17-12-15-4-1-2-5-19(15)22-13-17/h1-2,4-6,8,12-13,25H,3,7,9-11,14H2,(H,21,23). The average Bonchev–Trinajstić information content (AvgIpc) is 2.66. The van der Waals surface area contributed by atoms with E-state index in [9.17, 15) is 0 Å². The van der Waals surface area contributed by atoms with Crippen LogP contribution in [0.4, 0.5) is 11.5 Å². The number of rotatable bonds is 5. The van der Waals surface area contributed by atoms with Crippen molar-refractivity contribution in [2.24, 2.45) is 0 Å². The molecule has 0 saturated heterocycles. The number of hydrogen-bond acceptors (Lipinski definition) is 5. The van der Waals surface area contributed by atoms with Gasteiger partial charge in [-0.2, -0.15) is 0 Å². The quantitative estimate of drug-likeness (QED) is 0.751. The van der Waals surface area contributed by atoms with Crippen molar-refractivity contribution in [2.45, 2.75) is 19.4 Å². The minimum Gasteiger partial charge on any atom is -0.396 e. The molecule has 0 atom stereocenters. The van der Waals surface area contributed by atoms with Crippen molar-refractivity contribution in [1.29, 1.82) is 0 Å². The molecule has 2 N–H and O–H groups in total. The second kappa shape index (κ2) is 7.17. The molecule has 25 heavy (non-hydrogen) atoms. The van der Waals surface area contributed by atoms with Gasteiger partial charge in [0.1, 0.15) is 5.82 Å². The van der Waals surface area contributed by atoms with Gasteiger partial charge in [0.25, 0.3) is 0 Å². The lowest BCUT2D eigenvalue weighted by atomic mass is 10.0. The Bertz CT molecular complexity index is 880. The van der Waals surface area contributed by atoms with Crippen molar-refractivity contribution >= 4 is 22.4 Å². The van der Waals surface area contributed by atoms with Crippen LogP contribution in [0.15, 0.2) is 48.8 Å². The highest BCUT2D eigenvalue weighted by Gasteiger charge is 2.19. The van der Waals surface area contributed by atoms with E-state index < -0.39 is 0 Å². The Morgan fingerprint density at radius 3 is 3.00 bits per heavy atom. The third-order valence-corrected chi connectivity index (χ3v) is 4.71. The van der Waals surface area contributed by atoms with E-state index in [2.05, 4.69) is 38.4 Å². The zero-order chi connectivity index (χ0) is 17.1. The van der Waals surface area contributed by atoms with Crippen LogP contribution in [-0.2, 0) is 13.0 Å². The van der Waals surface area contributed by atoms with Crippen LogP contribution < -0.4 is 5.32 Å². The van der Waals surface area contributed by atoms with E-state index >= 15 is 0 Å². The number of aliphatic hydroxyl groups excluding tert-OH is 1. The Morgan fingerprint density at radius 1 is 1.16 bits per heavy atom. The SMILES string of the molecule is OCCCN1CCc2c(ccnc2Nc2cnc3ccccc3c2)C1. The van der Waals surface area contributed by atoms with Crippen molar-refractivity contribution in [1.82, 2.24) is 14.9 Å². The second-order valence-electron chi connectivity index (χ2n) is 6.44. The highest BCUT2D eigenvalue weighted by atomic mass is 16.3. The molecule has 5 nitrogen and oxygen atoms in total. The molecule has 0 radical (unpaired) electrons. The highest BCUT2D eigenvalue weighted by molar-refractivity contribution is 5.82. The summed E-state index contributed by atoms with van der Waals surface area (Å²) in [5, 5.41) is 13.6. The molecule has 0 saturated carbocycles. The van der Waals surface area contributed by atoms with Crippen LogP contribution in [0.25, 0.3) is 10.9 Å². The Labute approximate surface area is 147 Å². The molecule has 1 aliphatic rings. The maximum Gasteiger partial charge on any atom is 0.133 e. The molecule has 1 aliphatic heterocycles. The first-order chi connectivity index (χ1) is 12.3. The molecule has 0 spiro atoms. The van der Waals surface area contributed by atoms with Gasteiger partial charge in [-0.15, -0.1) is 0 Å². The van der Waals surface area contributed by atoms with Gasteiger partial charge in [-0.1, -0.05) is 18.2 Å². The third-order valence-electron chi connectivity index (χ3n) is 4.71. The van der Waals surface area contributed by atoms with Crippen LogP contribution in [0.2, 0.25) is 0 Å². The number of pyridine rings is 2. The highest BCUT2D eigenvalue weighted by Crippen LogP contribution is 2.27. The molecule has 5 heteroatoms. The van der Waals surface area contributed by atoms with E-state index in [1.165, 1.54) is 11.1 Å². The number of anilines is 2. The first kappa shape index (κ1) is 16.0. The van der Waals surface area contributed by atoms with Crippen molar-refractivity contribution in [3.05, 3.63) is 59.9 Å². The molecular formula is C20H22N4O. The lowest BCUT2D eigenvalue weighted by molar-refractivity contribution is 0.212. The van der Waals surface area contributed by atoms with E-state index in [-0.39, 0.29) is 6.61 Å². The fourth-order valence-corrected chi connectivity index (χ4v) is 3.42. The van der Waals surface area contributed by atoms with Gasteiger partial charge < -0.3 is 10.4 Å². The van der Waals surface area contributed by atoms with Gasteiger partial charge in [0, 0.05) is 43.4 Å². The zero-order valence-corrected chi connectivity index (χ0v) is 14.2. The maximum absolute atomic E-state index is 9.02. The Hall–Kier alpha value is -2.50. The predicted molar refractivity (Wildman–Crippen MR) is 99.9 cm³/mol. The molecule has 4 rings (SSSR count). The first-order valence-corrected chi connectivity index (χ1v) is 8.75. The van der Waals surface area contributed by atoms with Crippen molar-refractivity contribution in [2.75, 3.05) is 25.0 Å². The van der Waals surface area contributed by atoms with Gasteiger partial charge >= 0.3 is 0 Å². The van der Waals surface area contributed by atoms with Gasteiger partial charge in [-0.05, 0) is 36.6 Å². The molecular weight excluding hydrogens is 312 g/mol. The third kappa shape index (κ3) is 3.48. The maximum atomic E-state index is 9.02. The molecule has 0 unspecified atom stereocenters. The summed E-state index contributed by atoms with van der Waals surface area (Å²) in [6.45, 7) is 3.11. The summed E-state index contributed by atoms with van der Waals surface area (Å²) in [5.41, 5.74) is 4.56. The number of hydrogen-bond donors (Lipinski definition) is 2. The molecule has 0 aliphatic carbocycles. The summed E-state index contributed by atoms with van der Waals surface area (Å²) < 4.78 is 0. The van der Waals surface area contributed by atoms with Gasteiger partial charge in [0.05, 0.1) is 17.4 Å². The second-order valence-corrected chi connectivity index (χ2v) is 6.44. The van der Waals surface area contributed by atoms with Crippen molar-refractivity contribution in [3.8, 4) is 0 Å². The van der Waals surface area contributed by atoms with Gasteiger partial charge in [-0.3, -0.25) is 9.88 Å². The number of fused-ring (bicyclic) bond motifs is 2. The molecule has 128 valence electrons. The number of aromatic nitrogens is 2. The van der Waals surface area contributed by atoms with Crippen LogP contribution in [0.3, 0.4) is 0 Å². The summed E-state index contributed by atoms with van der Waals surface area (Å²) in [6.07, 6.45) is 5.52. The molecule has 0 fully saturated rings. The fraction of sp³-hybridized carbons (Fsp3) is 0.300. The minimum atomic E-state index is 0.251. The van der Waals surface area contributed by atoms with Crippen molar-refractivity contribution < 1.29 is 5.11 Å². The number of aliphatic hydroxyl groups is 1. The largest absolute Gasteiger partial charge is 0.396 e.